The maximum absolute atomic E-state index is 7.57. The van der Waals surface area contributed by atoms with Crippen molar-refractivity contribution in [2.75, 3.05) is 6.61 Å². The third-order valence-corrected chi connectivity index (χ3v) is 8.27. The Bertz CT molecular complexity index is 355. The first-order valence-corrected chi connectivity index (χ1v) is 10.4. The molecular weight excluding hydrogens is 264 g/mol. The number of hydrogen-bond donors (Lipinski definition) is 1. The van der Waals surface area contributed by atoms with Crippen LogP contribution in [0.2, 0.25) is 18.1 Å². The van der Waals surface area contributed by atoms with Gasteiger partial charge in [-0.15, -0.1) is 0 Å². The quantitative estimate of drug-likeness (QED) is 0.820. The maximum atomic E-state index is 7.57. The molecule has 1 unspecified atom stereocenters. The molecule has 20 heavy (non-hydrogen) atoms. The summed E-state index contributed by atoms with van der Waals surface area (Å²) in [6.07, 6.45) is 1.31. The normalized spacial score (nSPS) is 13.4. The van der Waals surface area contributed by atoms with Crippen LogP contribution in [0.3, 0.4) is 0 Å². The molecule has 0 bridgehead atoms. The zero-order valence-corrected chi connectivity index (χ0v) is 15.2. The van der Waals surface area contributed by atoms with Crippen molar-refractivity contribution in [1.82, 2.24) is 0 Å². The predicted molar refractivity (Wildman–Crippen MR) is 90.6 cm³/mol. The van der Waals surface area contributed by atoms with Crippen molar-refractivity contribution in [3.63, 3.8) is 0 Å². The third-order valence-electron chi connectivity index (χ3n) is 3.67. The van der Waals surface area contributed by atoms with Gasteiger partial charge in [0.2, 0.25) is 0 Å². The van der Waals surface area contributed by atoms with Crippen LogP contribution in [0.5, 0.6) is 0 Å². The van der Waals surface area contributed by atoms with Crippen molar-refractivity contribution < 1.29 is 9.53 Å². The van der Waals surface area contributed by atoms with E-state index in [9.17, 15) is 0 Å². The highest BCUT2D eigenvalue weighted by molar-refractivity contribution is 6.74. The summed E-state index contributed by atoms with van der Waals surface area (Å²) in [7, 11) is -1.62. The van der Waals surface area contributed by atoms with Gasteiger partial charge in [-0.2, -0.15) is 0 Å². The fourth-order valence-corrected chi connectivity index (χ4v) is 3.11. The summed E-state index contributed by atoms with van der Waals surface area (Å²) in [5, 5.41) is 7.86. The highest BCUT2D eigenvalue weighted by Crippen LogP contribution is 2.37. The van der Waals surface area contributed by atoms with Crippen LogP contribution >= 0.6 is 0 Å². The van der Waals surface area contributed by atoms with Crippen LogP contribution in [0.15, 0.2) is 30.3 Å². The number of hydrogen-bond acceptors (Lipinski definition) is 2. The van der Waals surface area contributed by atoms with E-state index in [0.717, 1.165) is 6.42 Å². The molecule has 116 valence electrons. The predicted octanol–water partition coefficient (Wildman–Crippen LogP) is 4.64. The molecule has 1 aromatic carbocycles. The molecule has 1 rings (SSSR count). The molecule has 2 nitrogen and oxygen atoms in total. The lowest BCUT2D eigenvalue weighted by Gasteiger charge is -2.38. The summed E-state index contributed by atoms with van der Waals surface area (Å²) >= 11 is 0. The standard InChI is InChI=1S/C15H26OSi.C2H6O/c1-13(12-14-10-8-7-9-11-14)16-17(5,6)15(2,3)4;1-2-3/h7-11,13H,12H2,1-6H3;3H,2H2,1H3. The summed E-state index contributed by atoms with van der Waals surface area (Å²) in [4.78, 5) is 0. The number of benzene rings is 1. The van der Waals surface area contributed by atoms with Crippen molar-refractivity contribution in [2.45, 2.75) is 65.3 Å². The van der Waals surface area contributed by atoms with Crippen LogP contribution in [0.1, 0.15) is 40.2 Å². The van der Waals surface area contributed by atoms with Gasteiger partial charge >= 0.3 is 0 Å². The summed E-state index contributed by atoms with van der Waals surface area (Å²) < 4.78 is 6.35. The van der Waals surface area contributed by atoms with E-state index in [4.69, 9.17) is 9.53 Å². The van der Waals surface area contributed by atoms with E-state index in [-0.39, 0.29) is 11.6 Å². The van der Waals surface area contributed by atoms with E-state index in [1.165, 1.54) is 5.56 Å². The van der Waals surface area contributed by atoms with Crippen LogP contribution in [0.25, 0.3) is 0 Å². The van der Waals surface area contributed by atoms with Crippen molar-refractivity contribution in [1.29, 1.82) is 0 Å². The monoisotopic (exact) mass is 296 g/mol. The zero-order valence-electron chi connectivity index (χ0n) is 14.2. The number of aliphatic hydroxyl groups excluding tert-OH is 1. The van der Waals surface area contributed by atoms with Gasteiger partial charge in [-0.05, 0) is 44.0 Å². The average molecular weight is 297 g/mol. The molecule has 3 heteroatoms. The fraction of sp³-hybridized carbons (Fsp3) is 0.647. The Kier molecular flexibility index (Phi) is 8.32. The van der Waals surface area contributed by atoms with Crippen LogP contribution in [0, 0.1) is 0 Å². The van der Waals surface area contributed by atoms with E-state index >= 15 is 0 Å². The molecule has 1 N–H and O–H groups in total. The Hall–Kier alpha value is -0.643. The second kappa shape index (κ2) is 8.60. The first kappa shape index (κ1) is 19.4. The summed E-state index contributed by atoms with van der Waals surface area (Å²) in [6, 6.07) is 10.6. The van der Waals surface area contributed by atoms with Crippen LogP contribution in [0.4, 0.5) is 0 Å². The molecule has 0 spiro atoms. The van der Waals surface area contributed by atoms with Crippen LogP contribution < -0.4 is 0 Å². The smallest absolute Gasteiger partial charge is 0.192 e. The lowest BCUT2D eigenvalue weighted by Crippen LogP contribution is -2.43. The van der Waals surface area contributed by atoms with Crippen LogP contribution in [-0.2, 0) is 10.8 Å². The van der Waals surface area contributed by atoms with Gasteiger partial charge in [0, 0.05) is 12.7 Å². The van der Waals surface area contributed by atoms with Gasteiger partial charge in [0.25, 0.3) is 0 Å². The first-order valence-electron chi connectivity index (χ1n) is 7.46. The number of rotatable bonds is 4. The Morgan fingerprint density at radius 3 is 2.00 bits per heavy atom. The molecule has 0 aliphatic rings. The highest BCUT2D eigenvalue weighted by atomic mass is 28.4. The van der Waals surface area contributed by atoms with Gasteiger partial charge in [-0.25, -0.2) is 0 Å². The molecule has 0 aliphatic carbocycles. The molecule has 1 atom stereocenters. The fourth-order valence-electron chi connectivity index (χ4n) is 1.67. The summed E-state index contributed by atoms with van der Waals surface area (Å²) in [5.41, 5.74) is 1.36. The molecule has 0 saturated heterocycles. The molecule has 0 aliphatic heterocycles. The van der Waals surface area contributed by atoms with Crippen molar-refractivity contribution in [3.05, 3.63) is 35.9 Å². The molecule has 0 heterocycles. The molecular formula is C17H32O2Si. The summed E-state index contributed by atoms with van der Waals surface area (Å²) in [6.45, 7) is 15.6. The van der Waals surface area contributed by atoms with Gasteiger partial charge in [0.05, 0.1) is 0 Å². The van der Waals surface area contributed by atoms with E-state index in [0.29, 0.717) is 6.10 Å². The van der Waals surface area contributed by atoms with E-state index in [1.807, 2.05) is 0 Å². The maximum Gasteiger partial charge on any atom is 0.192 e. The topological polar surface area (TPSA) is 29.5 Å². The highest BCUT2D eigenvalue weighted by Gasteiger charge is 2.38. The molecule has 1 aromatic rings. The largest absolute Gasteiger partial charge is 0.414 e. The first-order chi connectivity index (χ1) is 9.14. The second-order valence-electron chi connectivity index (χ2n) is 6.69. The Labute approximate surface area is 126 Å². The molecule has 0 amide bonds. The van der Waals surface area contributed by atoms with E-state index in [2.05, 4.69) is 71.1 Å². The SMILES string of the molecule is CC(Cc1ccccc1)O[Si](C)(C)C(C)(C)C.CCO. The minimum absolute atomic E-state index is 0.250. The van der Waals surface area contributed by atoms with E-state index < -0.39 is 8.32 Å². The Morgan fingerprint density at radius 1 is 1.15 bits per heavy atom. The summed E-state index contributed by atoms with van der Waals surface area (Å²) in [5.74, 6) is 0. The molecule has 0 radical (unpaired) electrons. The Balaban J connectivity index is 0.00000110. The minimum Gasteiger partial charge on any atom is -0.414 e. The van der Waals surface area contributed by atoms with Gasteiger partial charge in [-0.1, -0.05) is 51.1 Å². The zero-order chi connectivity index (χ0) is 15.8. The molecule has 0 saturated carbocycles. The van der Waals surface area contributed by atoms with Gasteiger partial charge < -0.3 is 9.53 Å². The second-order valence-corrected chi connectivity index (χ2v) is 11.5. The lowest BCUT2D eigenvalue weighted by molar-refractivity contribution is 0.199. The van der Waals surface area contributed by atoms with Crippen molar-refractivity contribution in [2.24, 2.45) is 0 Å². The van der Waals surface area contributed by atoms with Crippen molar-refractivity contribution in [3.8, 4) is 0 Å². The van der Waals surface area contributed by atoms with Crippen molar-refractivity contribution >= 4 is 8.32 Å². The van der Waals surface area contributed by atoms with Crippen LogP contribution in [-0.4, -0.2) is 26.1 Å². The number of aliphatic hydroxyl groups is 1. The Morgan fingerprint density at radius 2 is 1.60 bits per heavy atom. The lowest BCUT2D eigenvalue weighted by atomic mass is 10.1. The molecule has 0 aromatic heterocycles. The average Bonchev–Trinajstić information content (AvgIpc) is 2.28. The molecule has 0 fully saturated rings. The van der Waals surface area contributed by atoms with Gasteiger partial charge in [-0.3, -0.25) is 0 Å². The van der Waals surface area contributed by atoms with Gasteiger partial charge in [0.15, 0.2) is 8.32 Å². The van der Waals surface area contributed by atoms with E-state index in [1.54, 1.807) is 6.92 Å². The van der Waals surface area contributed by atoms with Gasteiger partial charge in [0.1, 0.15) is 0 Å². The minimum atomic E-state index is -1.62. The third kappa shape index (κ3) is 7.22.